The third kappa shape index (κ3) is 1.22. The number of carbonyl (C=O) groups is 1. The lowest BCUT2D eigenvalue weighted by atomic mass is 10.6. The predicted molar refractivity (Wildman–Crippen MR) is 40.6 cm³/mol. The molecule has 3 nitrogen and oxygen atoms in total. The number of thiocarbonyl (C=S) groups is 1. The van der Waals surface area contributed by atoms with Gasteiger partial charge in [-0.1, -0.05) is 24.0 Å². The van der Waals surface area contributed by atoms with Crippen LogP contribution in [0.2, 0.25) is 0 Å². The van der Waals surface area contributed by atoms with Gasteiger partial charge >= 0.3 is 0 Å². The van der Waals surface area contributed by atoms with Gasteiger partial charge < -0.3 is 11.1 Å². The Kier molecular flexibility index (Phi) is 1.73. The van der Waals surface area contributed by atoms with Crippen LogP contribution in [0.25, 0.3) is 0 Å². The molecule has 1 amide bonds. The summed E-state index contributed by atoms with van der Waals surface area (Å²) in [5, 5.41) is 2.42. The van der Waals surface area contributed by atoms with Gasteiger partial charge in [0.05, 0.1) is 4.91 Å². The van der Waals surface area contributed by atoms with Crippen molar-refractivity contribution < 1.29 is 4.79 Å². The smallest absolute Gasteiger partial charge is 0.265 e. The fourth-order valence-electron chi connectivity index (χ4n) is 0.436. The van der Waals surface area contributed by atoms with E-state index in [0.29, 0.717) is 9.23 Å². The van der Waals surface area contributed by atoms with E-state index in [0.717, 1.165) is 0 Å². The number of rotatable bonds is 0. The van der Waals surface area contributed by atoms with Gasteiger partial charge in [0.2, 0.25) is 0 Å². The third-order valence-electron chi connectivity index (χ3n) is 0.793. The first kappa shape index (κ1) is 6.57. The van der Waals surface area contributed by atoms with Gasteiger partial charge in [-0.2, -0.15) is 0 Å². The number of carbonyl (C=O) groups excluding carboxylic acids is 1. The Labute approximate surface area is 61.7 Å². The first-order chi connectivity index (χ1) is 4.24. The molecule has 3 N–H and O–H groups in total. The minimum Gasteiger partial charge on any atom is -0.404 e. The highest BCUT2D eigenvalue weighted by Crippen LogP contribution is 2.21. The van der Waals surface area contributed by atoms with E-state index in [-0.39, 0.29) is 5.91 Å². The van der Waals surface area contributed by atoms with Crippen molar-refractivity contribution in [3.05, 3.63) is 11.1 Å². The Balaban J connectivity index is 2.81. The maximum Gasteiger partial charge on any atom is 0.265 e. The normalized spacial score (nSPS) is 22.9. The standard InChI is InChI=1S/C4H4N2OS2/c5-1-2-3(7)6-4(8)9-2/h1H,5H2,(H,6,7,8)/b2-1-. The van der Waals surface area contributed by atoms with E-state index in [1.807, 2.05) is 0 Å². The molecule has 0 radical (unpaired) electrons. The van der Waals surface area contributed by atoms with Gasteiger partial charge in [0.15, 0.2) is 0 Å². The Hall–Kier alpha value is -0.550. The summed E-state index contributed by atoms with van der Waals surface area (Å²) in [4.78, 5) is 11.1. The van der Waals surface area contributed by atoms with Crippen molar-refractivity contribution in [3.8, 4) is 0 Å². The van der Waals surface area contributed by atoms with E-state index in [1.165, 1.54) is 18.0 Å². The van der Waals surface area contributed by atoms with Crippen LogP contribution in [0.15, 0.2) is 11.1 Å². The van der Waals surface area contributed by atoms with Crippen molar-refractivity contribution in [2.24, 2.45) is 5.73 Å². The minimum atomic E-state index is -0.201. The van der Waals surface area contributed by atoms with Gasteiger partial charge in [-0.15, -0.1) is 0 Å². The van der Waals surface area contributed by atoms with Crippen LogP contribution in [0.3, 0.4) is 0 Å². The van der Waals surface area contributed by atoms with Crippen LogP contribution in [0.4, 0.5) is 0 Å². The molecule has 1 rings (SSSR count). The molecule has 0 aromatic heterocycles. The van der Waals surface area contributed by atoms with Gasteiger partial charge in [-0.3, -0.25) is 4.79 Å². The highest BCUT2D eigenvalue weighted by molar-refractivity contribution is 8.26. The number of nitrogens with two attached hydrogens (primary N) is 1. The van der Waals surface area contributed by atoms with Gasteiger partial charge in [0, 0.05) is 6.20 Å². The molecule has 0 aromatic carbocycles. The lowest BCUT2D eigenvalue weighted by Gasteiger charge is -1.82. The average molecular weight is 160 g/mol. The van der Waals surface area contributed by atoms with Gasteiger partial charge in [-0.05, 0) is 0 Å². The largest absolute Gasteiger partial charge is 0.404 e. The predicted octanol–water partition coefficient (Wildman–Crippen LogP) is -0.0656. The Bertz CT molecular complexity index is 199. The van der Waals surface area contributed by atoms with Crippen LogP contribution in [0.1, 0.15) is 0 Å². The molecule has 1 fully saturated rings. The molecular formula is C4H4N2OS2. The zero-order valence-electron chi connectivity index (χ0n) is 4.38. The van der Waals surface area contributed by atoms with Gasteiger partial charge in [-0.25, -0.2) is 0 Å². The van der Waals surface area contributed by atoms with E-state index in [4.69, 9.17) is 5.73 Å². The van der Waals surface area contributed by atoms with Crippen LogP contribution in [0, 0.1) is 0 Å². The molecule has 0 aromatic rings. The van der Waals surface area contributed by atoms with Crippen molar-refractivity contribution in [1.82, 2.24) is 5.32 Å². The second kappa shape index (κ2) is 2.36. The first-order valence-electron chi connectivity index (χ1n) is 2.19. The third-order valence-corrected chi connectivity index (χ3v) is 1.97. The zero-order chi connectivity index (χ0) is 6.85. The SMILES string of the molecule is N/C=C1\SC(=S)NC1=O. The van der Waals surface area contributed by atoms with E-state index in [1.54, 1.807) is 0 Å². The summed E-state index contributed by atoms with van der Waals surface area (Å²) in [6.45, 7) is 0. The van der Waals surface area contributed by atoms with Crippen molar-refractivity contribution in [1.29, 1.82) is 0 Å². The number of thioether (sulfide) groups is 1. The van der Waals surface area contributed by atoms with Crippen molar-refractivity contribution in [2.75, 3.05) is 0 Å². The van der Waals surface area contributed by atoms with E-state index >= 15 is 0 Å². The molecule has 0 bridgehead atoms. The summed E-state index contributed by atoms with van der Waals surface area (Å²) >= 11 is 5.85. The molecule has 5 heteroatoms. The molecule has 0 atom stereocenters. The number of amides is 1. The van der Waals surface area contributed by atoms with Crippen LogP contribution in [0.5, 0.6) is 0 Å². The lowest BCUT2D eigenvalue weighted by molar-refractivity contribution is -0.115. The summed E-state index contributed by atoms with van der Waals surface area (Å²) in [6.07, 6.45) is 1.25. The lowest BCUT2D eigenvalue weighted by Crippen LogP contribution is -2.17. The molecular weight excluding hydrogens is 156 g/mol. The summed E-state index contributed by atoms with van der Waals surface area (Å²) in [7, 11) is 0. The van der Waals surface area contributed by atoms with Gasteiger partial charge in [0.1, 0.15) is 4.32 Å². The van der Waals surface area contributed by atoms with Gasteiger partial charge in [0.25, 0.3) is 5.91 Å². The molecule has 1 aliphatic heterocycles. The second-order valence-electron chi connectivity index (χ2n) is 1.37. The number of nitrogens with one attached hydrogen (secondary N) is 1. The van der Waals surface area contributed by atoms with E-state index in [9.17, 15) is 4.79 Å². The quantitative estimate of drug-likeness (QED) is 0.385. The topological polar surface area (TPSA) is 55.1 Å². The Morgan fingerprint density at radius 1 is 1.78 bits per heavy atom. The summed E-state index contributed by atoms with van der Waals surface area (Å²) in [5.41, 5.74) is 5.08. The van der Waals surface area contributed by atoms with Crippen LogP contribution >= 0.6 is 24.0 Å². The fraction of sp³-hybridized carbons (Fsp3) is 0. The summed E-state index contributed by atoms with van der Waals surface area (Å²) < 4.78 is 0.469. The van der Waals surface area contributed by atoms with Crippen molar-refractivity contribution in [3.63, 3.8) is 0 Å². The molecule has 1 saturated heterocycles. The average Bonchev–Trinajstić information content (AvgIpc) is 2.10. The molecule has 0 aliphatic carbocycles. The van der Waals surface area contributed by atoms with E-state index < -0.39 is 0 Å². The fourth-order valence-corrected chi connectivity index (χ4v) is 1.35. The Morgan fingerprint density at radius 2 is 2.44 bits per heavy atom. The molecule has 0 spiro atoms. The number of hydrogen-bond acceptors (Lipinski definition) is 4. The Morgan fingerprint density at radius 3 is 2.67 bits per heavy atom. The minimum absolute atomic E-state index is 0.201. The summed E-state index contributed by atoms with van der Waals surface area (Å²) in [5.74, 6) is -0.201. The van der Waals surface area contributed by atoms with Crippen LogP contribution < -0.4 is 11.1 Å². The molecule has 1 heterocycles. The monoisotopic (exact) mass is 160 g/mol. The molecule has 0 unspecified atom stereocenters. The van der Waals surface area contributed by atoms with E-state index in [2.05, 4.69) is 17.5 Å². The summed E-state index contributed by atoms with van der Waals surface area (Å²) in [6, 6.07) is 0. The van der Waals surface area contributed by atoms with Crippen molar-refractivity contribution in [2.45, 2.75) is 0 Å². The first-order valence-corrected chi connectivity index (χ1v) is 3.41. The van der Waals surface area contributed by atoms with Crippen LogP contribution in [-0.4, -0.2) is 10.2 Å². The number of hydrogen-bond donors (Lipinski definition) is 2. The maximum atomic E-state index is 10.6. The highest BCUT2D eigenvalue weighted by Gasteiger charge is 2.20. The zero-order valence-corrected chi connectivity index (χ0v) is 6.01. The highest BCUT2D eigenvalue weighted by atomic mass is 32.2. The van der Waals surface area contributed by atoms with Crippen LogP contribution in [-0.2, 0) is 4.79 Å². The molecule has 0 saturated carbocycles. The maximum absolute atomic E-state index is 10.6. The molecule has 9 heavy (non-hydrogen) atoms. The second-order valence-corrected chi connectivity index (χ2v) is 3.09. The molecule has 48 valence electrons. The molecule has 1 aliphatic rings. The van der Waals surface area contributed by atoms with Crippen molar-refractivity contribution >= 4 is 34.2 Å².